The highest BCUT2D eigenvalue weighted by Crippen LogP contribution is 2.32. The lowest BCUT2D eigenvalue weighted by molar-refractivity contribution is -0.402. The zero-order valence-electron chi connectivity index (χ0n) is 11.8. The van der Waals surface area contributed by atoms with Crippen molar-refractivity contribution in [1.82, 2.24) is 10.4 Å². The standard InChI is InChI=1S/C12H11N3O6S2/c1-2-20-10(16)6-13-14-11(17)8(23-12(14)22)5-7-3-4-9(21-7)15(18)19/h3-5,13H,2,6H2,1H3/b8-5+. The lowest BCUT2D eigenvalue weighted by Crippen LogP contribution is -2.44. The number of nitrogens with zero attached hydrogens (tertiary/aromatic N) is 2. The minimum atomic E-state index is -0.677. The van der Waals surface area contributed by atoms with Crippen molar-refractivity contribution in [2.45, 2.75) is 6.92 Å². The molecule has 0 radical (unpaired) electrons. The number of carbonyl (C=O) groups is 2. The number of ether oxygens (including phenoxy) is 1. The SMILES string of the molecule is CCOC(=O)CNN1C(=O)/C(=C\c2ccc([N+](=O)[O-])o2)SC1=S. The molecule has 0 aromatic carbocycles. The van der Waals surface area contributed by atoms with Crippen LogP contribution in [0.15, 0.2) is 21.5 Å². The van der Waals surface area contributed by atoms with Gasteiger partial charge in [0.25, 0.3) is 5.91 Å². The van der Waals surface area contributed by atoms with E-state index in [1.165, 1.54) is 18.2 Å². The van der Waals surface area contributed by atoms with Crippen molar-refractivity contribution < 1.29 is 23.7 Å². The van der Waals surface area contributed by atoms with E-state index < -0.39 is 22.7 Å². The molecule has 1 aliphatic heterocycles. The van der Waals surface area contributed by atoms with E-state index in [1.807, 2.05) is 0 Å². The van der Waals surface area contributed by atoms with E-state index in [0.29, 0.717) is 0 Å². The Morgan fingerprint density at radius 1 is 1.61 bits per heavy atom. The zero-order valence-corrected chi connectivity index (χ0v) is 13.4. The first-order valence-corrected chi connectivity index (χ1v) is 7.56. The van der Waals surface area contributed by atoms with Crippen molar-refractivity contribution in [3.63, 3.8) is 0 Å². The van der Waals surface area contributed by atoms with Gasteiger partial charge in [0, 0.05) is 6.08 Å². The van der Waals surface area contributed by atoms with Gasteiger partial charge in [-0.1, -0.05) is 24.0 Å². The van der Waals surface area contributed by atoms with Crippen LogP contribution in [0.3, 0.4) is 0 Å². The first-order valence-electron chi connectivity index (χ1n) is 6.33. The van der Waals surface area contributed by atoms with E-state index in [0.717, 1.165) is 16.8 Å². The molecular weight excluding hydrogens is 346 g/mol. The molecule has 9 nitrogen and oxygen atoms in total. The molecule has 1 saturated heterocycles. The van der Waals surface area contributed by atoms with E-state index in [2.05, 4.69) is 5.43 Å². The van der Waals surface area contributed by atoms with Crippen LogP contribution in [0.2, 0.25) is 0 Å². The zero-order chi connectivity index (χ0) is 17.0. The van der Waals surface area contributed by atoms with E-state index in [9.17, 15) is 19.7 Å². The Hall–Kier alpha value is -2.24. The van der Waals surface area contributed by atoms with Crippen molar-refractivity contribution >= 4 is 52.1 Å². The topological polar surface area (TPSA) is 115 Å². The molecule has 0 aliphatic carbocycles. The second kappa shape index (κ2) is 7.35. The minimum absolute atomic E-state index is 0.155. The summed E-state index contributed by atoms with van der Waals surface area (Å²) in [5.41, 5.74) is 2.57. The summed E-state index contributed by atoms with van der Waals surface area (Å²) in [5, 5.41) is 11.6. The second-order valence-electron chi connectivity index (χ2n) is 4.09. The smallest absolute Gasteiger partial charge is 0.433 e. The van der Waals surface area contributed by atoms with Crippen LogP contribution in [0.25, 0.3) is 6.08 Å². The number of carbonyl (C=O) groups excluding carboxylic acids is 2. The molecule has 2 rings (SSSR count). The van der Waals surface area contributed by atoms with Crippen LogP contribution >= 0.6 is 24.0 Å². The summed E-state index contributed by atoms with van der Waals surface area (Å²) in [5.74, 6) is -1.27. The number of hydrogen-bond acceptors (Lipinski definition) is 9. The molecule has 1 N–H and O–H groups in total. The van der Waals surface area contributed by atoms with Gasteiger partial charge in [0.15, 0.2) is 4.32 Å². The number of nitrogens with one attached hydrogen (secondary N) is 1. The molecule has 0 bridgehead atoms. The molecule has 122 valence electrons. The van der Waals surface area contributed by atoms with Crippen LogP contribution in [-0.2, 0) is 14.3 Å². The maximum Gasteiger partial charge on any atom is 0.433 e. The molecule has 0 atom stereocenters. The average Bonchev–Trinajstić information content (AvgIpc) is 3.04. The third-order valence-electron chi connectivity index (χ3n) is 2.55. The molecule has 1 aromatic rings. The van der Waals surface area contributed by atoms with Gasteiger partial charge in [-0.15, -0.1) is 0 Å². The largest absolute Gasteiger partial charge is 0.465 e. The van der Waals surface area contributed by atoms with Crippen molar-refractivity contribution in [2.24, 2.45) is 0 Å². The molecule has 0 spiro atoms. The molecule has 1 aliphatic rings. The molecule has 1 amide bonds. The first-order chi connectivity index (χ1) is 10.9. The van der Waals surface area contributed by atoms with Crippen LogP contribution in [0.5, 0.6) is 0 Å². The van der Waals surface area contributed by atoms with Gasteiger partial charge >= 0.3 is 11.9 Å². The summed E-state index contributed by atoms with van der Waals surface area (Å²) < 4.78 is 9.90. The molecular formula is C12H11N3O6S2. The van der Waals surface area contributed by atoms with E-state index >= 15 is 0 Å². The van der Waals surface area contributed by atoms with Crippen LogP contribution in [0, 0.1) is 10.1 Å². The number of hydrogen-bond donors (Lipinski definition) is 1. The molecule has 1 fully saturated rings. The number of thioether (sulfide) groups is 1. The fraction of sp³-hybridized carbons (Fsp3) is 0.250. The Kier molecular flexibility index (Phi) is 5.47. The molecule has 0 saturated carbocycles. The van der Waals surface area contributed by atoms with Gasteiger partial charge in [-0.25, -0.2) is 10.4 Å². The molecule has 23 heavy (non-hydrogen) atoms. The second-order valence-corrected chi connectivity index (χ2v) is 5.77. The van der Waals surface area contributed by atoms with Crippen molar-refractivity contribution in [3.8, 4) is 0 Å². The molecule has 0 unspecified atom stereocenters. The fourth-order valence-corrected chi connectivity index (χ4v) is 2.80. The maximum absolute atomic E-state index is 12.2. The lowest BCUT2D eigenvalue weighted by Gasteiger charge is -2.14. The number of rotatable bonds is 6. The van der Waals surface area contributed by atoms with Gasteiger partial charge in [0.1, 0.15) is 17.2 Å². The quantitative estimate of drug-likeness (QED) is 0.265. The number of furan rings is 1. The van der Waals surface area contributed by atoms with Crippen LogP contribution in [-0.4, -0.2) is 39.3 Å². The number of nitro groups is 1. The van der Waals surface area contributed by atoms with Gasteiger partial charge in [-0.05, 0) is 13.0 Å². The van der Waals surface area contributed by atoms with Crippen molar-refractivity contribution in [3.05, 3.63) is 32.9 Å². The van der Waals surface area contributed by atoms with Crippen molar-refractivity contribution in [2.75, 3.05) is 13.2 Å². The third kappa shape index (κ3) is 4.15. The lowest BCUT2D eigenvalue weighted by atomic mass is 10.4. The first kappa shape index (κ1) is 17.1. The summed E-state index contributed by atoms with van der Waals surface area (Å²) in [4.78, 5) is 33.6. The van der Waals surface area contributed by atoms with Gasteiger partial charge in [0.05, 0.1) is 17.6 Å². The summed E-state index contributed by atoms with van der Waals surface area (Å²) in [7, 11) is 0. The summed E-state index contributed by atoms with van der Waals surface area (Å²) >= 11 is 6.03. The van der Waals surface area contributed by atoms with Gasteiger partial charge < -0.3 is 9.15 Å². The molecule has 11 heteroatoms. The van der Waals surface area contributed by atoms with Gasteiger partial charge in [0.2, 0.25) is 0 Å². The Bertz CT molecular complexity index is 699. The highest BCUT2D eigenvalue weighted by Gasteiger charge is 2.33. The highest BCUT2D eigenvalue weighted by molar-refractivity contribution is 8.26. The predicted octanol–water partition coefficient (Wildman–Crippen LogP) is 1.46. The van der Waals surface area contributed by atoms with E-state index in [4.69, 9.17) is 21.4 Å². The van der Waals surface area contributed by atoms with Crippen molar-refractivity contribution in [1.29, 1.82) is 0 Å². The normalized spacial score (nSPS) is 16.2. The van der Waals surface area contributed by atoms with Gasteiger partial charge in [-0.3, -0.25) is 19.7 Å². The van der Waals surface area contributed by atoms with Crippen LogP contribution in [0.4, 0.5) is 5.88 Å². The predicted molar refractivity (Wildman–Crippen MR) is 85.0 cm³/mol. The van der Waals surface area contributed by atoms with Gasteiger partial charge in [-0.2, -0.15) is 0 Å². The summed E-state index contributed by atoms with van der Waals surface area (Å²) in [6, 6.07) is 2.56. The number of amides is 1. The Labute approximate surface area is 139 Å². The van der Waals surface area contributed by atoms with Crippen LogP contribution in [0.1, 0.15) is 12.7 Å². The van der Waals surface area contributed by atoms with E-state index in [1.54, 1.807) is 6.92 Å². The Morgan fingerprint density at radius 2 is 2.35 bits per heavy atom. The van der Waals surface area contributed by atoms with E-state index in [-0.39, 0.29) is 28.1 Å². The third-order valence-corrected chi connectivity index (χ3v) is 3.85. The fourth-order valence-electron chi connectivity index (χ4n) is 1.61. The molecule has 1 aromatic heterocycles. The number of thiocarbonyl (C=S) groups is 1. The number of esters is 1. The Morgan fingerprint density at radius 3 is 2.96 bits per heavy atom. The maximum atomic E-state index is 12.2. The molecule has 2 heterocycles. The number of hydrazine groups is 1. The highest BCUT2D eigenvalue weighted by atomic mass is 32.2. The van der Waals surface area contributed by atoms with Crippen LogP contribution < -0.4 is 5.43 Å². The monoisotopic (exact) mass is 357 g/mol. The Balaban J connectivity index is 2.06. The average molecular weight is 357 g/mol. The summed E-state index contributed by atoms with van der Waals surface area (Å²) in [6.07, 6.45) is 1.35. The minimum Gasteiger partial charge on any atom is -0.465 e. The summed E-state index contributed by atoms with van der Waals surface area (Å²) in [6.45, 7) is 1.69.